The van der Waals surface area contributed by atoms with Crippen molar-refractivity contribution in [3.63, 3.8) is 0 Å². The maximum Gasteiger partial charge on any atom is 0.331 e. The first-order valence-electron chi connectivity index (χ1n) is 6.46. The summed E-state index contributed by atoms with van der Waals surface area (Å²) in [7, 11) is 0. The van der Waals surface area contributed by atoms with Crippen LogP contribution in [0.1, 0.15) is 40.0 Å². The smallest absolute Gasteiger partial charge is 0.331 e. The highest BCUT2D eigenvalue weighted by atomic mass is 16.5. The summed E-state index contributed by atoms with van der Waals surface area (Å²) in [6.07, 6.45) is 7.39. The second-order valence-electron chi connectivity index (χ2n) is 5.75. The predicted octanol–water partition coefficient (Wildman–Crippen LogP) is 3.18. The Morgan fingerprint density at radius 1 is 1.38 bits per heavy atom. The van der Waals surface area contributed by atoms with Crippen molar-refractivity contribution in [1.82, 2.24) is 0 Å². The minimum atomic E-state index is -0.161. The SMILES string of the molecule is CC1CCC(C(C)C)C(C2C=CC(=O)O2)C1. The molecule has 0 bridgehead atoms. The standard InChI is InChI=1S/C14H22O2/c1-9(2)11-5-4-10(3)8-12(11)13-6-7-14(15)16-13/h6-7,9-13H,4-5,8H2,1-3H3. The topological polar surface area (TPSA) is 26.3 Å². The average molecular weight is 222 g/mol. The molecule has 1 fully saturated rings. The molecule has 0 spiro atoms. The van der Waals surface area contributed by atoms with Gasteiger partial charge >= 0.3 is 5.97 Å². The van der Waals surface area contributed by atoms with Crippen molar-refractivity contribution in [2.45, 2.75) is 46.1 Å². The van der Waals surface area contributed by atoms with E-state index >= 15 is 0 Å². The molecule has 4 unspecified atom stereocenters. The molecule has 2 aliphatic rings. The van der Waals surface area contributed by atoms with Crippen LogP contribution in [-0.4, -0.2) is 12.1 Å². The number of rotatable bonds is 2. The molecule has 0 radical (unpaired) electrons. The number of cyclic esters (lactones) is 1. The van der Waals surface area contributed by atoms with Crippen molar-refractivity contribution in [3.05, 3.63) is 12.2 Å². The van der Waals surface area contributed by atoms with Gasteiger partial charge in [0, 0.05) is 12.0 Å². The van der Waals surface area contributed by atoms with Crippen LogP contribution in [0.4, 0.5) is 0 Å². The Bertz CT molecular complexity index is 293. The van der Waals surface area contributed by atoms with Crippen molar-refractivity contribution >= 4 is 5.97 Å². The van der Waals surface area contributed by atoms with E-state index < -0.39 is 0 Å². The minimum Gasteiger partial charge on any atom is -0.455 e. The highest BCUT2D eigenvalue weighted by Gasteiger charge is 2.37. The van der Waals surface area contributed by atoms with Gasteiger partial charge < -0.3 is 4.74 Å². The summed E-state index contributed by atoms with van der Waals surface area (Å²) in [6, 6.07) is 0. The molecule has 0 aromatic heterocycles. The number of esters is 1. The van der Waals surface area contributed by atoms with Gasteiger partial charge in [-0.1, -0.05) is 27.2 Å². The average Bonchev–Trinajstić information content (AvgIpc) is 2.64. The molecule has 4 atom stereocenters. The summed E-state index contributed by atoms with van der Waals surface area (Å²) in [5.41, 5.74) is 0. The van der Waals surface area contributed by atoms with Gasteiger partial charge in [0.25, 0.3) is 0 Å². The lowest BCUT2D eigenvalue weighted by molar-refractivity contribution is -0.142. The van der Waals surface area contributed by atoms with Gasteiger partial charge in [0.1, 0.15) is 6.10 Å². The molecule has 0 aromatic rings. The molecule has 0 saturated heterocycles. The van der Waals surface area contributed by atoms with E-state index in [0.717, 1.165) is 5.92 Å². The molecule has 1 aliphatic heterocycles. The van der Waals surface area contributed by atoms with Crippen LogP contribution in [0.5, 0.6) is 0 Å². The summed E-state index contributed by atoms with van der Waals surface area (Å²) < 4.78 is 5.38. The van der Waals surface area contributed by atoms with Gasteiger partial charge in [0.15, 0.2) is 0 Å². The molecule has 2 rings (SSSR count). The lowest BCUT2D eigenvalue weighted by atomic mass is 9.68. The summed E-state index contributed by atoms with van der Waals surface area (Å²) in [4.78, 5) is 11.1. The van der Waals surface area contributed by atoms with Crippen LogP contribution in [0.3, 0.4) is 0 Å². The fourth-order valence-corrected chi connectivity index (χ4v) is 3.27. The zero-order chi connectivity index (χ0) is 11.7. The molecule has 1 aliphatic carbocycles. The first kappa shape index (κ1) is 11.7. The highest BCUT2D eigenvalue weighted by Crippen LogP contribution is 2.41. The summed E-state index contributed by atoms with van der Waals surface area (Å²) >= 11 is 0. The predicted molar refractivity (Wildman–Crippen MR) is 63.9 cm³/mol. The molecule has 2 nitrogen and oxygen atoms in total. The first-order chi connectivity index (χ1) is 7.58. The molecule has 0 amide bonds. The van der Waals surface area contributed by atoms with E-state index in [4.69, 9.17) is 4.74 Å². The van der Waals surface area contributed by atoms with E-state index in [0.29, 0.717) is 17.8 Å². The molecule has 1 saturated carbocycles. The van der Waals surface area contributed by atoms with E-state index in [1.54, 1.807) is 6.08 Å². The van der Waals surface area contributed by atoms with Crippen molar-refractivity contribution in [1.29, 1.82) is 0 Å². The van der Waals surface area contributed by atoms with Crippen LogP contribution >= 0.6 is 0 Å². The van der Waals surface area contributed by atoms with E-state index in [2.05, 4.69) is 20.8 Å². The molecule has 16 heavy (non-hydrogen) atoms. The van der Waals surface area contributed by atoms with Gasteiger partial charge in [-0.15, -0.1) is 0 Å². The van der Waals surface area contributed by atoms with Gasteiger partial charge in [0.2, 0.25) is 0 Å². The second-order valence-corrected chi connectivity index (χ2v) is 5.75. The molecular weight excluding hydrogens is 200 g/mol. The van der Waals surface area contributed by atoms with E-state index in [1.807, 2.05) is 6.08 Å². The molecule has 2 heteroatoms. The van der Waals surface area contributed by atoms with Gasteiger partial charge in [-0.25, -0.2) is 4.79 Å². The van der Waals surface area contributed by atoms with Crippen LogP contribution in [0.15, 0.2) is 12.2 Å². The number of carbonyl (C=O) groups excluding carboxylic acids is 1. The highest BCUT2D eigenvalue weighted by molar-refractivity contribution is 5.84. The fourth-order valence-electron chi connectivity index (χ4n) is 3.27. The normalized spacial score (nSPS) is 39.1. The molecule has 90 valence electrons. The number of ether oxygens (including phenoxy) is 1. The first-order valence-corrected chi connectivity index (χ1v) is 6.46. The third-order valence-electron chi connectivity index (χ3n) is 4.17. The van der Waals surface area contributed by atoms with Crippen molar-refractivity contribution in [2.75, 3.05) is 0 Å². The molecule has 0 N–H and O–H groups in total. The Hall–Kier alpha value is -0.790. The van der Waals surface area contributed by atoms with E-state index in [1.165, 1.54) is 19.3 Å². The second kappa shape index (κ2) is 4.60. The Labute approximate surface area is 98.1 Å². The third-order valence-corrected chi connectivity index (χ3v) is 4.17. The van der Waals surface area contributed by atoms with Crippen LogP contribution in [0, 0.1) is 23.7 Å². The third kappa shape index (κ3) is 2.31. The van der Waals surface area contributed by atoms with E-state index in [9.17, 15) is 4.79 Å². The van der Waals surface area contributed by atoms with Gasteiger partial charge in [-0.05, 0) is 36.7 Å². The van der Waals surface area contributed by atoms with Crippen LogP contribution in [0.2, 0.25) is 0 Å². The number of hydrogen-bond donors (Lipinski definition) is 0. The zero-order valence-corrected chi connectivity index (χ0v) is 10.5. The maximum atomic E-state index is 11.1. The maximum absolute atomic E-state index is 11.1. The quantitative estimate of drug-likeness (QED) is 0.671. The molecule has 0 aromatic carbocycles. The van der Waals surface area contributed by atoms with Crippen molar-refractivity contribution < 1.29 is 9.53 Å². The lowest BCUT2D eigenvalue weighted by Crippen LogP contribution is -2.35. The largest absolute Gasteiger partial charge is 0.455 e. The zero-order valence-electron chi connectivity index (χ0n) is 10.5. The van der Waals surface area contributed by atoms with Gasteiger partial charge in [-0.2, -0.15) is 0 Å². The summed E-state index contributed by atoms with van der Waals surface area (Å²) in [5, 5.41) is 0. The Balaban J connectivity index is 2.08. The molecular formula is C14H22O2. The van der Waals surface area contributed by atoms with Gasteiger partial charge in [-0.3, -0.25) is 0 Å². The summed E-state index contributed by atoms with van der Waals surface area (Å²) in [5.74, 6) is 2.53. The Kier molecular flexibility index (Phi) is 3.36. The van der Waals surface area contributed by atoms with Crippen molar-refractivity contribution in [2.24, 2.45) is 23.7 Å². The van der Waals surface area contributed by atoms with Crippen molar-refractivity contribution in [3.8, 4) is 0 Å². The van der Waals surface area contributed by atoms with Crippen LogP contribution in [-0.2, 0) is 9.53 Å². The number of hydrogen-bond acceptors (Lipinski definition) is 2. The minimum absolute atomic E-state index is 0.0441. The Morgan fingerprint density at radius 2 is 2.12 bits per heavy atom. The lowest BCUT2D eigenvalue weighted by Gasteiger charge is -2.39. The van der Waals surface area contributed by atoms with Gasteiger partial charge in [0.05, 0.1) is 0 Å². The van der Waals surface area contributed by atoms with Crippen LogP contribution in [0.25, 0.3) is 0 Å². The summed E-state index contributed by atoms with van der Waals surface area (Å²) in [6.45, 7) is 6.88. The fraction of sp³-hybridized carbons (Fsp3) is 0.786. The monoisotopic (exact) mass is 222 g/mol. The van der Waals surface area contributed by atoms with E-state index in [-0.39, 0.29) is 12.1 Å². The Morgan fingerprint density at radius 3 is 2.69 bits per heavy atom. The number of carbonyl (C=O) groups is 1. The molecule has 1 heterocycles. The van der Waals surface area contributed by atoms with Crippen LogP contribution < -0.4 is 0 Å².